The summed E-state index contributed by atoms with van der Waals surface area (Å²) in [6, 6.07) is 12.7. The molecule has 0 saturated carbocycles. The molecule has 12 heteroatoms. The molecule has 4 aromatic rings. The Morgan fingerprint density at radius 1 is 1.06 bits per heavy atom. The molecule has 0 amide bonds. The predicted molar refractivity (Wildman–Crippen MR) is 139 cm³/mol. The van der Waals surface area contributed by atoms with Gasteiger partial charge in [-0.05, 0) is 31.0 Å². The van der Waals surface area contributed by atoms with Crippen LogP contribution in [0.4, 0.5) is 5.82 Å². The molecule has 184 valence electrons. The van der Waals surface area contributed by atoms with Gasteiger partial charge in [-0.15, -0.1) is 0 Å². The Hall–Kier alpha value is -2.43. The summed E-state index contributed by atoms with van der Waals surface area (Å²) < 4.78 is 27.1. The summed E-state index contributed by atoms with van der Waals surface area (Å²) in [6.45, 7) is 2.53. The summed E-state index contributed by atoms with van der Waals surface area (Å²) in [5.41, 5.74) is 1.49. The second kappa shape index (κ2) is 10.3. The fourth-order valence-corrected chi connectivity index (χ4v) is 5.54. The molecule has 35 heavy (non-hydrogen) atoms. The monoisotopic (exact) mass is 553 g/mol. The topological polar surface area (TPSA) is 101 Å². The number of benzene rings is 2. The van der Waals surface area contributed by atoms with Gasteiger partial charge in [-0.1, -0.05) is 65.1 Å². The molecule has 8 nitrogen and oxygen atoms in total. The van der Waals surface area contributed by atoms with E-state index < -0.39 is 9.84 Å². The number of sulfone groups is 1. The number of anilines is 1. The quantitative estimate of drug-likeness (QED) is 0.331. The summed E-state index contributed by atoms with van der Waals surface area (Å²) in [7, 11) is -3.81. The molecular formula is C23H22Cl3N5O3S. The first kappa shape index (κ1) is 25.7. The zero-order chi connectivity index (χ0) is 25.3. The van der Waals surface area contributed by atoms with E-state index in [0.717, 1.165) is 11.8 Å². The number of aliphatic hydroxyl groups is 1. The molecule has 0 aliphatic carbocycles. The third kappa shape index (κ3) is 5.39. The molecule has 0 fully saturated rings. The Bertz CT molecular complexity index is 1470. The molecule has 0 aliphatic rings. The SMILES string of the molecule is Cc1nc(N(CCCO)Cc2ccccc2)c2c(S(C)(=O)=O)nn(-c3c(Cl)cc(Cl)cc3Cl)c2n1. The van der Waals surface area contributed by atoms with E-state index in [1.165, 1.54) is 16.8 Å². The maximum atomic E-state index is 12.9. The standard InChI is InChI=1S/C23H22Cl3N5O3S/c1-14-27-21(30(9-6-10-32)13-15-7-4-3-5-8-15)19-22(28-14)31(29-23(19)35(2,33)34)20-17(25)11-16(24)12-18(20)26/h3-5,7-8,11-12,32H,6,9-10,13H2,1-2H3. The Labute approximate surface area is 218 Å². The molecule has 0 radical (unpaired) electrons. The maximum absolute atomic E-state index is 12.9. The Balaban J connectivity index is 2.03. The first-order valence-electron chi connectivity index (χ1n) is 10.6. The number of aryl methyl sites for hydroxylation is 1. The number of nitrogens with zero attached hydrogens (tertiary/aromatic N) is 5. The van der Waals surface area contributed by atoms with Crippen molar-refractivity contribution in [1.29, 1.82) is 0 Å². The van der Waals surface area contributed by atoms with Crippen molar-refractivity contribution in [1.82, 2.24) is 19.7 Å². The number of aromatic nitrogens is 4. The van der Waals surface area contributed by atoms with Gasteiger partial charge in [0.15, 0.2) is 20.5 Å². The van der Waals surface area contributed by atoms with Crippen molar-refractivity contribution in [2.24, 2.45) is 0 Å². The zero-order valence-electron chi connectivity index (χ0n) is 18.9. The number of aliphatic hydroxyl groups excluding tert-OH is 1. The summed E-state index contributed by atoms with van der Waals surface area (Å²) in [4.78, 5) is 11.1. The van der Waals surface area contributed by atoms with Gasteiger partial charge < -0.3 is 10.0 Å². The third-order valence-corrected chi connectivity index (χ3v) is 7.02. The van der Waals surface area contributed by atoms with E-state index in [-0.39, 0.29) is 38.4 Å². The highest BCUT2D eigenvalue weighted by molar-refractivity contribution is 7.90. The van der Waals surface area contributed by atoms with E-state index in [9.17, 15) is 13.5 Å². The van der Waals surface area contributed by atoms with Gasteiger partial charge in [-0.3, -0.25) is 0 Å². The molecule has 0 atom stereocenters. The normalized spacial score (nSPS) is 11.8. The van der Waals surface area contributed by atoms with Crippen molar-refractivity contribution in [3.8, 4) is 5.69 Å². The van der Waals surface area contributed by atoms with Crippen LogP contribution in [0, 0.1) is 6.92 Å². The average molecular weight is 555 g/mol. The summed E-state index contributed by atoms with van der Waals surface area (Å²) >= 11 is 19.0. The maximum Gasteiger partial charge on any atom is 0.195 e. The highest BCUT2D eigenvalue weighted by atomic mass is 35.5. The highest BCUT2D eigenvalue weighted by Crippen LogP contribution is 2.37. The van der Waals surface area contributed by atoms with Crippen LogP contribution in [0.3, 0.4) is 0 Å². The van der Waals surface area contributed by atoms with Gasteiger partial charge in [0.2, 0.25) is 0 Å². The van der Waals surface area contributed by atoms with Crippen LogP contribution in [0.25, 0.3) is 16.7 Å². The molecule has 2 aromatic heterocycles. The molecule has 0 aliphatic heterocycles. The van der Waals surface area contributed by atoms with Crippen molar-refractivity contribution < 1.29 is 13.5 Å². The second-order valence-electron chi connectivity index (χ2n) is 7.98. The fourth-order valence-electron chi connectivity index (χ4n) is 3.78. The van der Waals surface area contributed by atoms with Crippen LogP contribution in [0.2, 0.25) is 15.1 Å². The minimum absolute atomic E-state index is 0.0350. The lowest BCUT2D eigenvalue weighted by atomic mass is 10.2. The number of hydrogen-bond acceptors (Lipinski definition) is 7. The molecular weight excluding hydrogens is 533 g/mol. The minimum atomic E-state index is -3.81. The minimum Gasteiger partial charge on any atom is -0.396 e. The van der Waals surface area contributed by atoms with E-state index in [1.807, 2.05) is 35.2 Å². The molecule has 0 spiro atoms. The Morgan fingerprint density at radius 2 is 1.71 bits per heavy atom. The molecule has 0 bridgehead atoms. The van der Waals surface area contributed by atoms with Crippen LogP contribution in [-0.2, 0) is 16.4 Å². The number of halogens is 3. The lowest BCUT2D eigenvalue weighted by Crippen LogP contribution is -2.26. The van der Waals surface area contributed by atoms with Crippen molar-refractivity contribution in [2.75, 3.05) is 24.3 Å². The lowest BCUT2D eigenvalue weighted by molar-refractivity contribution is 0.289. The molecule has 0 unspecified atom stereocenters. The largest absolute Gasteiger partial charge is 0.396 e. The van der Waals surface area contributed by atoms with Gasteiger partial charge in [-0.25, -0.2) is 23.1 Å². The molecule has 4 rings (SSSR count). The smallest absolute Gasteiger partial charge is 0.195 e. The third-order valence-electron chi connectivity index (χ3n) is 5.23. The second-order valence-corrected chi connectivity index (χ2v) is 11.2. The molecule has 0 saturated heterocycles. The van der Waals surface area contributed by atoms with Crippen LogP contribution in [-0.4, -0.2) is 52.7 Å². The molecule has 1 N–H and O–H groups in total. The first-order valence-corrected chi connectivity index (χ1v) is 13.6. The lowest BCUT2D eigenvalue weighted by Gasteiger charge is -2.25. The van der Waals surface area contributed by atoms with E-state index in [0.29, 0.717) is 36.2 Å². The van der Waals surface area contributed by atoms with E-state index in [4.69, 9.17) is 34.8 Å². The summed E-state index contributed by atoms with van der Waals surface area (Å²) in [5.74, 6) is 0.787. The number of rotatable bonds is 8. The van der Waals surface area contributed by atoms with Crippen LogP contribution >= 0.6 is 34.8 Å². The van der Waals surface area contributed by atoms with Crippen LogP contribution in [0.15, 0.2) is 47.5 Å². The fraction of sp³-hybridized carbons (Fsp3) is 0.261. The van der Waals surface area contributed by atoms with E-state index in [1.54, 1.807) is 6.92 Å². The van der Waals surface area contributed by atoms with Gasteiger partial charge in [0.1, 0.15) is 22.7 Å². The van der Waals surface area contributed by atoms with Gasteiger partial charge >= 0.3 is 0 Å². The summed E-state index contributed by atoms with van der Waals surface area (Å²) in [6.07, 6.45) is 1.53. The molecule has 2 heterocycles. The van der Waals surface area contributed by atoms with Crippen LogP contribution < -0.4 is 4.90 Å². The van der Waals surface area contributed by atoms with Gasteiger partial charge in [0, 0.05) is 31.0 Å². The predicted octanol–water partition coefficient (Wildman–Crippen LogP) is 4.88. The van der Waals surface area contributed by atoms with E-state index >= 15 is 0 Å². The van der Waals surface area contributed by atoms with Crippen LogP contribution in [0.1, 0.15) is 17.8 Å². The number of fused-ring (bicyclic) bond motifs is 1. The van der Waals surface area contributed by atoms with Gasteiger partial charge in [0.25, 0.3) is 0 Å². The first-order chi connectivity index (χ1) is 16.6. The molecule has 2 aromatic carbocycles. The van der Waals surface area contributed by atoms with Crippen molar-refractivity contribution in [3.05, 3.63) is 68.9 Å². The van der Waals surface area contributed by atoms with Gasteiger partial charge in [0.05, 0.1) is 10.0 Å². The average Bonchev–Trinajstić information content (AvgIpc) is 3.15. The Kier molecular flexibility index (Phi) is 7.54. The van der Waals surface area contributed by atoms with Crippen molar-refractivity contribution >= 4 is 61.5 Å². The highest BCUT2D eigenvalue weighted by Gasteiger charge is 2.29. The van der Waals surface area contributed by atoms with Crippen LogP contribution in [0.5, 0.6) is 0 Å². The zero-order valence-corrected chi connectivity index (χ0v) is 22.0. The van der Waals surface area contributed by atoms with Crippen molar-refractivity contribution in [2.45, 2.75) is 24.9 Å². The van der Waals surface area contributed by atoms with Gasteiger partial charge in [-0.2, -0.15) is 5.10 Å². The van der Waals surface area contributed by atoms with Crippen molar-refractivity contribution in [3.63, 3.8) is 0 Å². The summed E-state index contributed by atoms with van der Waals surface area (Å²) in [5, 5.41) is 14.6. The number of hydrogen-bond donors (Lipinski definition) is 1. The van der Waals surface area contributed by atoms with E-state index in [2.05, 4.69) is 15.1 Å². The Morgan fingerprint density at radius 3 is 2.31 bits per heavy atom.